The van der Waals surface area contributed by atoms with E-state index in [1.165, 1.54) is 25.0 Å². The predicted octanol–water partition coefficient (Wildman–Crippen LogP) is 2.51. The molecule has 2 rings (SSSR count). The van der Waals surface area contributed by atoms with Crippen LogP contribution in [-0.4, -0.2) is 12.8 Å². The Bertz CT molecular complexity index is 207. The fraction of sp³-hybridized carbons (Fsp3) is 0.900. The van der Waals surface area contributed by atoms with E-state index < -0.39 is 0 Å². The van der Waals surface area contributed by atoms with Crippen LogP contribution in [0.3, 0.4) is 0 Å². The van der Waals surface area contributed by atoms with Crippen molar-refractivity contribution in [3.63, 3.8) is 0 Å². The molecule has 0 spiro atoms. The van der Waals surface area contributed by atoms with Gasteiger partial charge in [-0.3, -0.25) is 4.99 Å². The summed E-state index contributed by atoms with van der Waals surface area (Å²) in [5, 5.41) is 0. The van der Waals surface area contributed by atoms with Gasteiger partial charge in [0.1, 0.15) is 0 Å². The Hall–Kier alpha value is -0.330. The van der Waals surface area contributed by atoms with Crippen molar-refractivity contribution in [2.75, 3.05) is 7.05 Å². The lowest BCUT2D eigenvalue weighted by atomic mass is 10.0. The molecule has 2 saturated carbocycles. The van der Waals surface area contributed by atoms with Crippen molar-refractivity contribution in [2.45, 2.75) is 33.1 Å². The molecular formula is C10H17N. The summed E-state index contributed by atoms with van der Waals surface area (Å²) in [7, 11) is 1.89. The molecule has 1 heteroatoms. The van der Waals surface area contributed by atoms with E-state index in [2.05, 4.69) is 18.8 Å². The van der Waals surface area contributed by atoms with Crippen LogP contribution in [0, 0.1) is 17.3 Å². The van der Waals surface area contributed by atoms with E-state index in [0.29, 0.717) is 0 Å². The van der Waals surface area contributed by atoms with E-state index in [1.807, 2.05) is 7.05 Å². The van der Waals surface area contributed by atoms with Gasteiger partial charge in [0.15, 0.2) is 0 Å². The SMILES string of the molecule is CN=C(C)CCC1C2CC12C. The Balaban J connectivity index is 1.70. The van der Waals surface area contributed by atoms with Crippen molar-refractivity contribution in [1.82, 2.24) is 0 Å². The van der Waals surface area contributed by atoms with Gasteiger partial charge in [0.05, 0.1) is 0 Å². The van der Waals surface area contributed by atoms with Crippen molar-refractivity contribution in [3.8, 4) is 0 Å². The van der Waals surface area contributed by atoms with Gasteiger partial charge in [-0.25, -0.2) is 0 Å². The van der Waals surface area contributed by atoms with Crippen LogP contribution in [0.2, 0.25) is 0 Å². The van der Waals surface area contributed by atoms with E-state index >= 15 is 0 Å². The molecule has 0 aromatic rings. The van der Waals surface area contributed by atoms with Gasteiger partial charge in [-0.1, -0.05) is 6.92 Å². The molecule has 0 N–H and O–H groups in total. The zero-order chi connectivity index (χ0) is 8.06. The van der Waals surface area contributed by atoms with Crippen LogP contribution in [0.15, 0.2) is 4.99 Å². The van der Waals surface area contributed by atoms with Crippen LogP contribution in [-0.2, 0) is 0 Å². The largest absolute Gasteiger partial charge is 0.298 e. The average Bonchev–Trinajstić information content (AvgIpc) is 2.77. The molecule has 11 heavy (non-hydrogen) atoms. The van der Waals surface area contributed by atoms with E-state index in [-0.39, 0.29) is 0 Å². The second-order valence-electron chi connectivity index (χ2n) is 4.42. The first kappa shape index (κ1) is 7.33. The molecule has 3 atom stereocenters. The molecule has 0 heterocycles. The average molecular weight is 151 g/mol. The maximum Gasteiger partial charge on any atom is 0.0276 e. The first-order chi connectivity index (χ1) is 5.18. The molecule has 0 radical (unpaired) electrons. The normalized spacial score (nSPS) is 47.0. The first-order valence-electron chi connectivity index (χ1n) is 4.61. The number of rotatable bonds is 3. The minimum absolute atomic E-state index is 0.814. The third-order valence-corrected chi connectivity index (χ3v) is 3.77. The summed E-state index contributed by atoms with van der Waals surface area (Å²) in [4.78, 5) is 4.17. The molecule has 0 amide bonds. The summed E-state index contributed by atoms with van der Waals surface area (Å²) >= 11 is 0. The third-order valence-electron chi connectivity index (χ3n) is 3.77. The first-order valence-corrected chi connectivity index (χ1v) is 4.61. The Kier molecular flexibility index (Phi) is 1.39. The van der Waals surface area contributed by atoms with Crippen LogP contribution in [0.5, 0.6) is 0 Å². The van der Waals surface area contributed by atoms with Crippen LogP contribution in [0.25, 0.3) is 0 Å². The molecule has 2 aliphatic rings. The molecule has 0 saturated heterocycles. The summed E-state index contributed by atoms with van der Waals surface area (Å²) in [6, 6.07) is 0. The van der Waals surface area contributed by atoms with E-state index in [9.17, 15) is 0 Å². The van der Waals surface area contributed by atoms with Crippen LogP contribution in [0.1, 0.15) is 33.1 Å². The Morgan fingerprint density at radius 2 is 2.27 bits per heavy atom. The number of hydrogen-bond donors (Lipinski definition) is 0. The zero-order valence-electron chi connectivity index (χ0n) is 7.72. The Labute approximate surface area is 68.9 Å². The fourth-order valence-corrected chi connectivity index (χ4v) is 2.32. The summed E-state index contributed by atoms with van der Waals surface area (Å²) in [5.41, 5.74) is 2.13. The molecule has 0 aromatic carbocycles. The van der Waals surface area contributed by atoms with Crippen LogP contribution >= 0.6 is 0 Å². The highest BCUT2D eigenvalue weighted by Gasteiger charge is 2.74. The molecule has 62 valence electrons. The molecule has 0 aromatic heterocycles. The van der Waals surface area contributed by atoms with Gasteiger partial charge >= 0.3 is 0 Å². The van der Waals surface area contributed by atoms with Crippen molar-refractivity contribution < 1.29 is 0 Å². The summed E-state index contributed by atoms with van der Waals surface area (Å²) in [5.74, 6) is 2.19. The van der Waals surface area contributed by atoms with Gasteiger partial charge in [0.25, 0.3) is 0 Å². The number of aliphatic imine (C=N–C) groups is 1. The van der Waals surface area contributed by atoms with Crippen molar-refractivity contribution >= 4 is 5.71 Å². The summed E-state index contributed by atoms with van der Waals surface area (Å²) in [6.45, 7) is 4.57. The Morgan fingerprint density at radius 1 is 1.64 bits per heavy atom. The number of fused-ring (bicyclic) bond motifs is 1. The minimum atomic E-state index is 0.814. The number of nitrogens with zero attached hydrogens (tertiary/aromatic N) is 1. The topological polar surface area (TPSA) is 12.4 Å². The van der Waals surface area contributed by atoms with E-state index in [0.717, 1.165) is 17.3 Å². The van der Waals surface area contributed by atoms with Gasteiger partial charge in [0, 0.05) is 12.8 Å². The van der Waals surface area contributed by atoms with Crippen molar-refractivity contribution in [2.24, 2.45) is 22.2 Å². The summed E-state index contributed by atoms with van der Waals surface area (Å²) in [6.07, 6.45) is 4.14. The second kappa shape index (κ2) is 2.09. The molecule has 3 unspecified atom stereocenters. The zero-order valence-corrected chi connectivity index (χ0v) is 7.72. The summed E-state index contributed by atoms with van der Waals surface area (Å²) < 4.78 is 0. The molecular weight excluding hydrogens is 134 g/mol. The highest BCUT2D eigenvalue weighted by molar-refractivity contribution is 5.81. The van der Waals surface area contributed by atoms with Gasteiger partial charge in [-0.15, -0.1) is 0 Å². The highest BCUT2D eigenvalue weighted by Crippen LogP contribution is 2.80. The smallest absolute Gasteiger partial charge is 0.0276 e. The monoisotopic (exact) mass is 151 g/mol. The molecule has 1 nitrogen and oxygen atoms in total. The molecule has 0 aliphatic heterocycles. The maximum atomic E-state index is 4.17. The van der Waals surface area contributed by atoms with Gasteiger partial charge < -0.3 is 0 Å². The minimum Gasteiger partial charge on any atom is -0.298 e. The van der Waals surface area contributed by atoms with Crippen LogP contribution < -0.4 is 0 Å². The third kappa shape index (κ3) is 1.02. The van der Waals surface area contributed by atoms with Crippen molar-refractivity contribution in [1.29, 1.82) is 0 Å². The number of hydrogen-bond acceptors (Lipinski definition) is 1. The lowest BCUT2D eigenvalue weighted by molar-refractivity contribution is 0.493. The van der Waals surface area contributed by atoms with Gasteiger partial charge in [-0.05, 0) is 43.4 Å². The molecule has 2 aliphatic carbocycles. The lowest BCUT2D eigenvalue weighted by Gasteiger charge is -2.06. The Morgan fingerprint density at radius 3 is 2.64 bits per heavy atom. The van der Waals surface area contributed by atoms with Gasteiger partial charge in [0.2, 0.25) is 0 Å². The van der Waals surface area contributed by atoms with E-state index in [1.54, 1.807) is 0 Å². The maximum absolute atomic E-state index is 4.17. The van der Waals surface area contributed by atoms with E-state index in [4.69, 9.17) is 0 Å². The molecule has 2 fully saturated rings. The lowest BCUT2D eigenvalue weighted by Crippen LogP contribution is -1.99. The molecule has 0 bridgehead atoms. The van der Waals surface area contributed by atoms with Gasteiger partial charge in [-0.2, -0.15) is 0 Å². The fourth-order valence-electron chi connectivity index (χ4n) is 2.32. The quantitative estimate of drug-likeness (QED) is 0.550. The van der Waals surface area contributed by atoms with Crippen LogP contribution in [0.4, 0.5) is 0 Å². The second-order valence-corrected chi connectivity index (χ2v) is 4.42. The predicted molar refractivity (Wildman–Crippen MR) is 48.0 cm³/mol. The van der Waals surface area contributed by atoms with Crippen molar-refractivity contribution in [3.05, 3.63) is 0 Å². The highest BCUT2D eigenvalue weighted by atomic mass is 14.8. The standard InChI is InChI=1S/C10H17N/c1-7(11-3)4-5-8-9-6-10(8,9)2/h8-9H,4-6H2,1-3H3.